The molecule has 0 bridgehead atoms. The third-order valence-corrected chi connectivity index (χ3v) is 1.06. The largest absolute Gasteiger partial charge is 2.00 e. The molecule has 0 saturated carbocycles. The first-order valence-electron chi connectivity index (χ1n) is 2.27. The fraction of sp³-hybridized carbons (Fsp3) is 1.00. The van der Waals surface area contributed by atoms with E-state index < -0.39 is 13.9 Å². The summed E-state index contributed by atoms with van der Waals surface area (Å²) in [4.78, 5) is 8.18. The molecule has 0 spiro atoms. The maximum Gasteiger partial charge on any atom is 2.00 e. The van der Waals surface area contributed by atoms with Gasteiger partial charge in [0.05, 0.1) is 0 Å². The number of rotatable bonds is 1. The zero-order chi connectivity index (χ0) is 6.78. The molecule has 0 radical (unpaired) electrons. The molecule has 0 amide bonds. The normalized spacial score (nSPS) is 11.0. The van der Waals surface area contributed by atoms with Crippen molar-refractivity contribution in [3.8, 4) is 0 Å². The topological polar surface area (TPSA) is 78.0 Å². The summed E-state index contributed by atoms with van der Waals surface area (Å²) in [5, 5.41) is 0. The van der Waals surface area contributed by atoms with Crippen LogP contribution in [0.3, 0.4) is 0 Å². The van der Waals surface area contributed by atoms with Crippen molar-refractivity contribution in [1.29, 1.82) is 0 Å². The van der Waals surface area contributed by atoms with E-state index in [4.69, 9.17) is 4.89 Å². The van der Waals surface area contributed by atoms with Crippen LogP contribution >= 0.6 is 8.25 Å². The van der Waals surface area contributed by atoms with Gasteiger partial charge in [-0.3, -0.25) is 0 Å². The Hall–Kier alpha value is 1.24. The van der Waals surface area contributed by atoms with Gasteiger partial charge in [-0.25, -0.2) is 0 Å². The molecule has 4 nitrogen and oxygen atoms in total. The molecule has 0 aliphatic rings. The second-order valence-electron chi connectivity index (χ2n) is 2.44. The van der Waals surface area contributed by atoms with Crippen LogP contribution in [-0.2, 0) is 9.09 Å². The monoisotopic (exact) mass is 197 g/mol. The zero-order valence-electron chi connectivity index (χ0n) is 8.42. The minimum absolute atomic E-state index is 0. The van der Waals surface area contributed by atoms with Crippen molar-refractivity contribution in [3.63, 3.8) is 0 Å². The van der Waals surface area contributed by atoms with E-state index in [2.05, 4.69) is 4.52 Å². The summed E-state index contributed by atoms with van der Waals surface area (Å²) in [6.07, 6.45) is 0. The predicted octanol–water partition coefficient (Wildman–Crippen LogP) is 0.471. The summed E-state index contributed by atoms with van der Waals surface area (Å²) in [5.74, 6) is 0. The van der Waals surface area contributed by atoms with Crippen molar-refractivity contribution >= 4 is 46.0 Å². The SMILES string of the molecule is CC(C)(C)O[P+](=O)O.O.[Ca+2].[H-].[H-]. The molecular formula is C4H14CaO4P+. The van der Waals surface area contributed by atoms with E-state index in [1.807, 2.05) is 0 Å². The van der Waals surface area contributed by atoms with Crippen molar-refractivity contribution in [2.75, 3.05) is 0 Å². The Morgan fingerprint density at radius 1 is 1.50 bits per heavy atom. The van der Waals surface area contributed by atoms with Gasteiger partial charge in [-0.1, -0.05) is 0 Å². The second-order valence-corrected chi connectivity index (χ2v) is 3.10. The molecule has 10 heavy (non-hydrogen) atoms. The van der Waals surface area contributed by atoms with Crippen LogP contribution in [0, 0.1) is 0 Å². The fourth-order valence-electron chi connectivity index (χ4n) is 0.234. The van der Waals surface area contributed by atoms with Gasteiger partial charge in [-0.2, -0.15) is 0 Å². The second kappa shape index (κ2) is 6.92. The minimum atomic E-state index is -2.44. The summed E-state index contributed by atoms with van der Waals surface area (Å²) in [7, 11) is -2.44. The third kappa shape index (κ3) is 16.1. The number of hydrogen-bond acceptors (Lipinski definition) is 2. The summed E-state index contributed by atoms with van der Waals surface area (Å²) in [6, 6.07) is 0. The molecule has 0 saturated heterocycles. The van der Waals surface area contributed by atoms with E-state index in [9.17, 15) is 4.57 Å². The molecule has 0 aromatic heterocycles. The Morgan fingerprint density at radius 3 is 1.80 bits per heavy atom. The van der Waals surface area contributed by atoms with Gasteiger partial charge in [0, 0.05) is 4.57 Å². The molecule has 3 N–H and O–H groups in total. The van der Waals surface area contributed by atoms with Crippen LogP contribution in [0.4, 0.5) is 0 Å². The van der Waals surface area contributed by atoms with Crippen molar-refractivity contribution in [2.45, 2.75) is 26.4 Å². The Bertz CT molecular complexity index is 108. The van der Waals surface area contributed by atoms with Gasteiger partial charge in [-0.05, 0) is 20.8 Å². The maximum absolute atomic E-state index is 9.94. The smallest absolute Gasteiger partial charge is 1.00 e. The fourth-order valence-corrected chi connectivity index (χ4v) is 0.703. The Kier molecular flexibility index (Phi) is 12.0. The summed E-state index contributed by atoms with van der Waals surface area (Å²) >= 11 is 0. The van der Waals surface area contributed by atoms with Gasteiger partial charge in [0.1, 0.15) is 5.60 Å². The first kappa shape index (κ1) is 17.4. The quantitative estimate of drug-likeness (QED) is 0.490. The van der Waals surface area contributed by atoms with Crippen LogP contribution in [0.15, 0.2) is 0 Å². The van der Waals surface area contributed by atoms with Gasteiger partial charge in [0.2, 0.25) is 0 Å². The molecule has 0 heterocycles. The minimum Gasteiger partial charge on any atom is -1.00 e. The van der Waals surface area contributed by atoms with Crippen molar-refractivity contribution in [3.05, 3.63) is 0 Å². The van der Waals surface area contributed by atoms with E-state index in [1.165, 1.54) is 0 Å². The van der Waals surface area contributed by atoms with Crippen LogP contribution in [0.25, 0.3) is 0 Å². The van der Waals surface area contributed by atoms with Crippen LogP contribution in [0.1, 0.15) is 23.6 Å². The van der Waals surface area contributed by atoms with Crippen molar-refractivity contribution < 1.29 is 22.3 Å². The molecule has 0 aliphatic carbocycles. The van der Waals surface area contributed by atoms with Gasteiger partial charge in [0.15, 0.2) is 0 Å². The summed E-state index contributed by atoms with van der Waals surface area (Å²) in [6.45, 7) is 5.16. The maximum atomic E-state index is 9.94. The van der Waals surface area contributed by atoms with Crippen LogP contribution < -0.4 is 0 Å². The average Bonchev–Trinajstić information content (AvgIpc) is 1.21. The van der Waals surface area contributed by atoms with Gasteiger partial charge in [0.25, 0.3) is 0 Å². The standard InChI is InChI=1S/C4H9O3P.Ca.H2O.2H/c1-4(2,3)7-8(5)6;;;;/h1-3H3;;1H2;;/q;+2;;2*-1/p+1. The molecule has 0 rings (SSSR count). The third-order valence-electron chi connectivity index (χ3n) is 0.352. The van der Waals surface area contributed by atoms with Crippen LogP contribution in [0.2, 0.25) is 0 Å². The van der Waals surface area contributed by atoms with Crippen molar-refractivity contribution in [1.82, 2.24) is 0 Å². The predicted molar refractivity (Wildman–Crippen MR) is 42.3 cm³/mol. The molecule has 60 valence electrons. The van der Waals surface area contributed by atoms with Gasteiger partial charge < -0.3 is 8.33 Å². The molecule has 0 aliphatic heterocycles. The zero-order valence-corrected chi connectivity index (χ0v) is 9.52. The molecule has 0 aromatic carbocycles. The average molecular weight is 197 g/mol. The summed E-state index contributed by atoms with van der Waals surface area (Å²) < 4.78 is 14.4. The molecular weight excluding hydrogens is 183 g/mol. The Balaban J connectivity index is -0.0000000408. The molecule has 0 fully saturated rings. The molecule has 1 unspecified atom stereocenters. The van der Waals surface area contributed by atoms with E-state index in [1.54, 1.807) is 20.8 Å². The van der Waals surface area contributed by atoms with E-state index >= 15 is 0 Å². The number of hydrogen-bond donors (Lipinski definition) is 1. The molecule has 1 atom stereocenters. The van der Waals surface area contributed by atoms with E-state index in [-0.39, 0.29) is 46.1 Å². The van der Waals surface area contributed by atoms with Crippen LogP contribution in [-0.4, -0.2) is 53.7 Å². The van der Waals surface area contributed by atoms with E-state index in [0.717, 1.165) is 0 Å². The molecule has 0 aromatic rings. The van der Waals surface area contributed by atoms with Gasteiger partial charge >= 0.3 is 46.0 Å². The van der Waals surface area contributed by atoms with Crippen LogP contribution in [0.5, 0.6) is 0 Å². The summed E-state index contributed by atoms with van der Waals surface area (Å²) in [5.41, 5.74) is -0.512. The van der Waals surface area contributed by atoms with E-state index in [0.29, 0.717) is 0 Å². The molecule has 6 heteroatoms. The Morgan fingerprint density at radius 2 is 1.80 bits per heavy atom. The first-order chi connectivity index (χ1) is 3.42. The Labute approximate surface area is 94.2 Å². The van der Waals surface area contributed by atoms with Crippen molar-refractivity contribution in [2.24, 2.45) is 0 Å². The first-order valence-corrected chi connectivity index (χ1v) is 3.40. The van der Waals surface area contributed by atoms with Gasteiger partial charge in [-0.15, -0.1) is 9.42 Å².